The first-order chi connectivity index (χ1) is 12.8. The van der Waals surface area contributed by atoms with Crippen molar-refractivity contribution in [3.8, 4) is 0 Å². The summed E-state index contributed by atoms with van der Waals surface area (Å²) in [6, 6.07) is 9.01. The number of carboxylic acid groups (broad SMARTS) is 1. The van der Waals surface area contributed by atoms with E-state index in [1.807, 2.05) is 30.1 Å². The second-order valence-electron chi connectivity index (χ2n) is 6.07. The number of aryl methyl sites for hydroxylation is 1. The second kappa shape index (κ2) is 7.58. The average Bonchev–Trinajstić information content (AvgIpc) is 3.10. The fraction of sp³-hybridized carbons (Fsp3) is 0.222. The molecule has 0 aliphatic rings. The summed E-state index contributed by atoms with van der Waals surface area (Å²) in [6.07, 6.45) is 0. The zero-order valence-corrected chi connectivity index (χ0v) is 15.6. The van der Waals surface area contributed by atoms with Crippen molar-refractivity contribution in [1.29, 1.82) is 0 Å². The number of aromatic nitrogens is 2. The molecule has 0 radical (unpaired) electrons. The molecule has 0 aliphatic carbocycles. The Labute approximate surface area is 158 Å². The smallest absolute Gasteiger partial charge is 0.322 e. The Kier molecular flexibility index (Phi) is 5.22. The van der Waals surface area contributed by atoms with Crippen molar-refractivity contribution in [2.45, 2.75) is 13.5 Å². The first-order valence-corrected chi connectivity index (χ1v) is 8.95. The summed E-state index contributed by atoms with van der Waals surface area (Å²) >= 11 is 1.27. The van der Waals surface area contributed by atoms with Gasteiger partial charge in [-0.2, -0.15) is 0 Å². The van der Waals surface area contributed by atoms with E-state index in [2.05, 4.69) is 15.3 Å². The molecule has 0 aliphatic heterocycles. The van der Waals surface area contributed by atoms with Crippen LogP contribution in [0.4, 0.5) is 5.00 Å². The number of nitrogens with zero attached hydrogens (tertiary/aromatic N) is 2. The van der Waals surface area contributed by atoms with E-state index in [1.165, 1.54) is 11.3 Å². The highest BCUT2D eigenvalue weighted by atomic mass is 32.1. The summed E-state index contributed by atoms with van der Waals surface area (Å²) in [4.78, 5) is 44.0. The van der Waals surface area contributed by atoms with Gasteiger partial charge in [-0.05, 0) is 36.8 Å². The number of benzene rings is 1. The van der Waals surface area contributed by atoms with Crippen LogP contribution in [0.5, 0.6) is 0 Å². The Morgan fingerprint density at radius 2 is 2.07 bits per heavy atom. The Hall–Kier alpha value is -3.20. The molecule has 27 heavy (non-hydrogen) atoms. The monoisotopic (exact) mass is 386 g/mol. The molecule has 8 nitrogen and oxygen atoms in total. The standard InChI is InChI=1S/C18H18N4O4S/c1-10-20-13-4-3-11(7-12(13)17(25)21-10)9-22(2)15-6-5-14(27-15)18(26)19-8-16(23)24/h3-7H,8-9H2,1-2H3,(H,19,26)(H,23,24)(H,20,21,25). The van der Waals surface area contributed by atoms with Gasteiger partial charge in [0, 0.05) is 13.6 Å². The topological polar surface area (TPSA) is 115 Å². The van der Waals surface area contributed by atoms with Crippen LogP contribution in [-0.2, 0) is 11.3 Å². The number of aliphatic carboxylic acids is 1. The summed E-state index contributed by atoms with van der Waals surface area (Å²) in [5.41, 5.74) is 1.41. The first-order valence-electron chi connectivity index (χ1n) is 8.14. The third-order valence-electron chi connectivity index (χ3n) is 3.90. The van der Waals surface area contributed by atoms with E-state index in [4.69, 9.17) is 5.11 Å². The highest BCUT2D eigenvalue weighted by Crippen LogP contribution is 2.26. The zero-order chi connectivity index (χ0) is 19.6. The number of amides is 1. The normalized spacial score (nSPS) is 10.7. The second-order valence-corrected chi connectivity index (χ2v) is 7.14. The number of hydrogen-bond donors (Lipinski definition) is 3. The van der Waals surface area contributed by atoms with Gasteiger partial charge in [-0.25, -0.2) is 4.98 Å². The minimum atomic E-state index is -1.09. The maximum absolute atomic E-state index is 12.1. The van der Waals surface area contributed by atoms with Gasteiger partial charge in [0.15, 0.2) is 0 Å². The summed E-state index contributed by atoms with van der Waals surface area (Å²) in [7, 11) is 1.88. The van der Waals surface area contributed by atoms with Crippen LogP contribution < -0.4 is 15.8 Å². The van der Waals surface area contributed by atoms with Crippen LogP contribution in [0.3, 0.4) is 0 Å². The number of rotatable bonds is 6. The maximum Gasteiger partial charge on any atom is 0.322 e. The first kappa shape index (κ1) is 18.6. The number of aromatic amines is 1. The van der Waals surface area contributed by atoms with Gasteiger partial charge in [0.2, 0.25) is 0 Å². The van der Waals surface area contributed by atoms with Crippen molar-refractivity contribution in [2.75, 3.05) is 18.5 Å². The Balaban J connectivity index is 1.75. The van der Waals surface area contributed by atoms with Crippen molar-refractivity contribution in [3.63, 3.8) is 0 Å². The molecule has 3 rings (SSSR count). The molecule has 2 aromatic heterocycles. The van der Waals surface area contributed by atoms with Crippen molar-refractivity contribution in [2.24, 2.45) is 0 Å². The van der Waals surface area contributed by atoms with E-state index in [0.29, 0.717) is 28.1 Å². The summed E-state index contributed by atoms with van der Waals surface area (Å²) in [6.45, 7) is 1.87. The van der Waals surface area contributed by atoms with Crippen LogP contribution in [0.1, 0.15) is 21.1 Å². The van der Waals surface area contributed by atoms with Crippen molar-refractivity contribution >= 4 is 39.1 Å². The lowest BCUT2D eigenvalue weighted by Gasteiger charge is -2.17. The minimum Gasteiger partial charge on any atom is -0.480 e. The van der Waals surface area contributed by atoms with Gasteiger partial charge in [0.25, 0.3) is 11.5 Å². The zero-order valence-electron chi connectivity index (χ0n) is 14.8. The average molecular weight is 386 g/mol. The van der Waals surface area contributed by atoms with E-state index >= 15 is 0 Å². The molecule has 0 fully saturated rings. The molecular formula is C18H18N4O4S. The minimum absolute atomic E-state index is 0.171. The van der Waals surface area contributed by atoms with Gasteiger partial charge in [-0.1, -0.05) is 6.07 Å². The number of carboxylic acids is 1. The molecule has 140 valence electrons. The molecule has 0 saturated heterocycles. The van der Waals surface area contributed by atoms with Gasteiger partial charge >= 0.3 is 5.97 Å². The summed E-state index contributed by atoms with van der Waals surface area (Å²) in [5, 5.41) is 12.4. The summed E-state index contributed by atoms with van der Waals surface area (Å²) in [5.74, 6) is -0.932. The fourth-order valence-electron chi connectivity index (χ4n) is 2.65. The summed E-state index contributed by atoms with van der Waals surface area (Å²) < 4.78 is 0. The van der Waals surface area contributed by atoms with Crippen LogP contribution >= 0.6 is 11.3 Å². The molecule has 1 amide bonds. The number of H-pyrrole nitrogens is 1. The lowest BCUT2D eigenvalue weighted by Crippen LogP contribution is -2.28. The van der Waals surface area contributed by atoms with Gasteiger partial charge in [-0.15, -0.1) is 11.3 Å². The molecule has 3 aromatic rings. The molecule has 0 bridgehead atoms. The van der Waals surface area contributed by atoms with Crippen molar-refractivity contribution < 1.29 is 14.7 Å². The van der Waals surface area contributed by atoms with Crippen molar-refractivity contribution in [1.82, 2.24) is 15.3 Å². The number of thiophene rings is 1. The molecule has 2 heterocycles. The quantitative estimate of drug-likeness (QED) is 0.594. The predicted octanol–water partition coefficient (Wildman–Crippen LogP) is 1.74. The molecule has 1 aromatic carbocycles. The maximum atomic E-state index is 12.1. The predicted molar refractivity (Wildman–Crippen MR) is 103 cm³/mol. The number of hydrogen-bond acceptors (Lipinski definition) is 6. The Bertz CT molecular complexity index is 1070. The molecular weight excluding hydrogens is 368 g/mol. The number of anilines is 1. The molecule has 0 atom stereocenters. The molecule has 0 unspecified atom stereocenters. The lowest BCUT2D eigenvalue weighted by molar-refractivity contribution is -0.135. The van der Waals surface area contributed by atoms with Crippen molar-refractivity contribution in [3.05, 3.63) is 57.0 Å². The largest absolute Gasteiger partial charge is 0.480 e. The highest BCUT2D eigenvalue weighted by Gasteiger charge is 2.13. The number of fused-ring (bicyclic) bond motifs is 1. The Morgan fingerprint density at radius 3 is 2.81 bits per heavy atom. The van der Waals surface area contributed by atoms with E-state index in [9.17, 15) is 14.4 Å². The number of carbonyl (C=O) groups is 2. The number of nitrogens with one attached hydrogen (secondary N) is 2. The SMILES string of the molecule is Cc1nc2ccc(CN(C)c3ccc(C(=O)NCC(=O)O)s3)cc2c(=O)[nH]1. The van der Waals surface area contributed by atoms with E-state index in [1.54, 1.807) is 19.1 Å². The van der Waals surface area contributed by atoms with E-state index in [-0.39, 0.29) is 5.56 Å². The van der Waals surface area contributed by atoms with Gasteiger partial charge in [0.05, 0.1) is 20.8 Å². The van der Waals surface area contributed by atoms with Crippen LogP contribution in [-0.4, -0.2) is 40.5 Å². The van der Waals surface area contributed by atoms with Gasteiger partial charge in [-0.3, -0.25) is 14.4 Å². The fourth-order valence-corrected chi connectivity index (χ4v) is 3.53. The van der Waals surface area contributed by atoms with E-state index < -0.39 is 18.4 Å². The van der Waals surface area contributed by atoms with Gasteiger partial charge in [0.1, 0.15) is 12.4 Å². The molecule has 0 saturated carbocycles. The molecule has 9 heteroatoms. The highest BCUT2D eigenvalue weighted by molar-refractivity contribution is 7.17. The van der Waals surface area contributed by atoms with Crippen LogP contribution in [0.15, 0.2) is 35.1 Å². The molecule has 3 N–H and O–H groups in total. The number of carbonyl (C=O) groups excluding carboxylic acids is 1. The van der Waals surface area contributed by atoms with Gasteiger partial charge < -0.3 is 20.3 Å². The van der Waals surface area contributed by atoms with E-state index in [0.717, 1.165) is 10.6 Å². The molecule has 0 spiro atoms. The van der Waals surface area contributed by atoms with Crippen LogP contribution in [0.25, 0.3) is 10.9 Å². The van der Waals surface area contributed by atoms with Crippen LogP contribution in [0, 0.1) is 6.92 Å². The Morgan fingerprint density at radius 1 is 1.30 bits per heavy atom. The third kappa shape index (κ3) is 4.32. The van der Waals surface area contributed by atoms with Crippen LogP contribution in [0.2, 0.25) is 0 Å². The lowest BCUT2D eigenvalue weighted by atomic mass is 10.1. The third-order valence-corrected chi connectivity index (χ3v) is 5.10.